The molecule has 0 aliphatic rings. The molecule has 2 heterocycles. The molecule has 2 aromatic carbocycles. The zero-order valence-corrected chi connectivity index (χ0v) is 29.6. The van der Waals surface area contributed by atoms with Crippen LogP contribution >= 0.6 is 31.9 Å². The molecule has 0 saturated heterocycles. The van der Waals surface area contributed by atoms with Gasteiger partial charge in [-0.25, -0.2) is 19.9 Å². The summed E-state index contributed by atoms with van der Waals surface area (Å²) in [4.78, 5) is 16.9. The molecule has 0 spiro atoms. The van der Waals surface area contributed by atoms with Crippen LogP contribution in [-0.2, 0) is 20.4 Å². The van der Waals surface area contributed by atoms with E-state index in [1.165, 1.54) is 12.7 Å². The Labute approximate surface area is 284 Å². The predicted molar refractivity (Wildman–Crippen MR) is 183 cm³/mol. The average Bonchev–Trinajstić information content (AvgIpc) is 3.02. The Kier molecular flexibility index (Phi) is 12.6. The fourth-order valence-electron chi connectivity index (χ4n) is 3.94. The molecule has 0 aliphatic heterocycles. The second-order valence-corrected chi connectivity index (χ2v) is 14.3. The van der Waals surface area contributed by atoms with Gasteiger partial charge in [0.2, 0.25) is 11.8 Å². The first kappa shape index (κ1) is 35.4. The van der Waals surface area contributed by atoms with Crippen LogP contribution in [0.2, 0.25) is 0 Å². The molecule has 14 nitrogen and oxygen atoms in total. The van der Waals surface area contributed by atoms with E-state index in [1.807, 2.05) is 13.8 Å². The monoisotopic (exact) mass is 798 g/mol. The number of aromatic nitrogens is 4. The summed E-state index contributed by atoms with van der Waals surface area (Å²) in [5.41, 5.74) is 1.86. The van der Waals surface area contributed by atoms with Gasteiger partial charge in [0.1, 0.15) is 25.9 Å². The molecule has 4 N–H and O–H groups in total. The largest absolute Gasteiger partial charge is 0.473 e. The number of hydrogen-bond acceptors (Lipinski definition) is 10. The highest BCUT2D eigenvalue weighted by atomic mass is 79.9. The maximum Gasteiger partial charge on any atom is 0.300 e. The van der Waals surface area contributed by atoms with Gasteiger partial charge in [0, 0.05) is 22.0 Å². The molecule has 0 unspecified atom stereocenters. The minimum atomic E-state index is -3.92. The van der Waals surface area contributed by atoms with E-state index in [1.54, 1.807) is 48.5 Å². The summed E-state index contributed by atoms with van der Waals surface area (Å²) in [5.74, 6) is 0.276. The lowest BCUT2D eigenvalue weighted by atomic mass is 10.1. The molecule has 0 atom stereocenters. The number of ether oxygens (including phenoxy) is 2. The first-order valence-electron chi connectivity index (χ1n) is 14.0. The smallest absolute Gasteiger partial charge is 0.300 e. The summed E-state index contributed by atoms with van der Waals surface area (Å²) < 4.78 is 74.0. The minimum absolute atomic E-state index is 0.0266. The summed E-state index contributed by atoms with van der Waals surface area (Å²) in [6.07, 6.45) is 3.60. The standard InChI is InChI=1S/C28H32Br2N8O6S2/c1-3-13-35-45(39,40)37-25-23(19-5-9-21(29)10-6-19)27(33-17-31-25)43-15-16-44-28-24(20-7-11-22(30)12-8-20)26(32-18-34-28)38-46(41,42)36-14-4-2/h5-12,17-18,35-36H,3-4,13-16H2,1-2H3,(H,31,33,37)(H,32,34,38). The van der Waals surface area contributed by atoms with E-state index in [4.69, 9.17) is 9.47 Å². The van der Waals surface area contributed by atoms with Gasteiger partial charge in [0.15, 0.2) is 11.6 Å². The first-order chi connectivity index (χ1) is 22.0. The summed E-state index contributed by atoms with van der Waals surface area (Å²) in [5, 5.41) is 0. The van der Waals surface area contributed by atoms with Crippen molar-refractivity contribution in [2.24, 2.45) is 0 Å². The molecular weight excluding hydrogens is 768 g/mol. The van der Waals surface area contributed by atoms with E-state index in [0.29, 0.717) is 35.1 Å². The second-order valence-electron chi connectivity index (χ2n) is 9.52. The van der Waals surface area contributed by atoms with E-state index in [2.05, 4.69) is 70.7 Å². The van der Waals surface area contributed by atoms with E-state index < -0.39 is 20.4 Å². The lowest BCUT2D eigenvalue weighted by Crippen LogP contribution is -2.31. The molecule has 4 aromatic rings. The SMILES string of the molecule is CCCNS(=O)(=O)Nc1ncnc(OCCOc2ncnc(NS(=O)(=O)NCCC)c2-c2ccc(Br)cc2)c1-c1ccc(Br)cc1. The highest BCUT2D eigenvalue weighted by Crippen LogP contribution is 2.36. The Morgan fingerprint density at radius 2 is 0.978 bits per heavy atom. The fourth-order valence-corrected chi connectivity index (χ4v) is 6.38. The number of halogens is 2. The Morgan fingerprint density at radius 1 is 0.609 bits per heavy atom. The molecule has 2 aromatic heterocycles. The van der Waals surface area contributed by atoms with Crippen LogP contribution in [-0.4, -0.2) is 63.1 Å². The molecule has 0 radical (unpaired) electrons. The van der Waals surface area contributed by atoms with Crippen LogP contribution < -0.4 is 28.4 Å². The van der Waals surface area contributed by atoms with E-state index in [0.717, 1.165) is 8.95 Å². The summed E-state index contributed by atoms with van der Waals surface area (Å²) in [7, 11) is -7.84. The van der Waals surface area contributed by atoms with Gasteiger partial charge in [-0.3, -0.25) is 9.44 Å². The van der Waals surface area contributed by atoms with Crippen molar-refractivity contribution in [2.75, 3.05) is 35.7 Å². The van der Waals surface area contributed by atoms with Gasteiger partial charge < -0.3 is 9.47 Å². The minimum Gasteiger partial charge on any atom is -0.473 e. The zero-order valence-electron chi connectivity index (χ0n) is 24.8. The number of nitrogens with one attached hydrogen (secondary N) is 4. The number of benzene rings is 2. The maximum atomic E-state index is 12.6. The van der Waals surface area contributed by atoms with Crippen LogP contribution in [0.15, 0.2) is 70.1 Å². The van der Waals surface area contributed by atoms with Crippen LogP contribution in [0.4, 0.5) is 11.6 Å². The molecule has 4 rings (SSSR count). The van der Waals surface area contributed by atoms with Crippen molar-refractivity contribution in [3.63, 3.8) is 0 Å². The van der Waals surface area contributed by atoms with Gasteiger partial charge in [0.05, 0.1) is 11.1 Å². The number of hydrogen-bond donors (Lipinski definition) is 4. The third-order valence-corrected chi connectivity index (χ3v) is 9.15. The van der Waals surface area contributed by atoms with Gasteiger partial charge in [-0.1, -0.05) is 70.0 Å². The maximum absolute atomic E-state index is 12.6. The summed E-state index contributed by atoms with van der Waals surface area (Å²) in [6, 6.07) is 14.3. The van der Waals surface area contributed by atoms with E-state index in [9.17, 15) is 16.8 Å². The number of rotatable bonds is 17. The molecule has 18 heteroatoms. The van der Waals surface area contributed by atoms with Gasteiger partial charge in [-0.2, -0.15) is 26.3 Å². The molecular formula is C28H32Br2N8O6S2. The molecule has 246 valence electrons. The Bertz CT molecular complexity index is 1700. The van der Waals surface area contributed by atoms with Crippen LogP contribution in [0.1, 0.15) is 26.7 Å². The molecule has 0 bridgehead atoms. The van der Waals surface area contributed by atoms with E-state index in [-0.39, 0.29) is 49.7 Å². The van der Waals surface area contributed by atoms with Crippen molar-refractivity contribution in [3.05, 3.63) is 70.1 Å². The Balaban J connectivity index is 1.59. The van der Waals surface area contributed by atoms with Crippen molar-refractivity contribution in [1.29, 1.82) is 0 Å². The Hall–Kier alpha value is -3.42. The molecule has 0 aliphatic carbocycles. The molecule has 0 amide bonds. The van der Waals surface area contributed by atoms with Gasteiger partial charge in [-0.05, 0) is 48.2 Å². The average molecular weight is 801 g/mol. The highest BCUT2D eigenvalue weighted by Gasteiger charge is 2.22. The van der Waals surface area contributed by atoms with Crippen LogP contribution in [0.3, 0.4) is 0 Å². The van der Waals surface area contributed by atoms with Crippen molar-refractivity contribution < 1.29 is 26.3 Å². The van der Waals surface area contributed by atoms with Crippen LogP contribution in [0.5, 0.6) is 11.8 Å². The summed E-state index contributed by atoms with van der Waals surface area (Å²) >= 11 is 6.82. The third kappa shape index (κ3) is 10.0. The zero-order chi connectivity index (χ0) is 33.2. The third-order valence-electron chi connectivity index (χ3n) is 6.00. The molecule has 0 fully saturated rings. The lowest BCUT2D eigenvalue weighted by Gasteiger charge is -2.17. The quantitative estimate of drug-likeness (QED) is 0.107. The molecule has 0 saturated carbocycles. The van der Waals surface area contributed by atoms with Crippen molar-refractivity contribution in [3.8, 4) is 34.0 Å². The Morgan fingerprint density at radius 3 is 1.33 bits per heavy atom. The lowest BCUT2D eigenvalue weighted by molar-refractivity contribution is 0.208. The van der Waals surface area contributed by atoms with E-state index >= 15 is 0 Å². The van der Waals surface area contributed by atoms with Gasteiger partial charge in [-0.15, -0.1) is 0 Å². The topological polar surface area (TPSA) is 186 Å². The van der Waals surface area contributed by atoms with Crippen LogP contribution in [0.25, 0.3) is 22.3 Å². The van der Waals surface area contributed by atoms with Gasteiger partial charge >= 0.3 is 0 Å². The van der Waals surface area contributed by atoms with Gasteiger partial charge in [0.25, 0.3) is 20.4 Å². The summed E-state index contributed by atoms with van der Waals surface area (Å²) in [6.45, 7) is 4.12. The first-order valence-corrected chi connectivity index (χ1v) is 18.6. The van der Waals surface area contributed by atoms with Crippen molar-refractivity contribution in [2.45, 2.75) is 26.7 Å². The number of nitrogens with zero attached hydrogens (tertiary/aromatic N) is 4. The second kappa shape index (κ2) is 16.4. The predicted octanol–water partition coefficient (Wildman–Crippen LogP) is 4.90. The normalized spacial score (nSPS) is 11.7. The molecule has 46 heavy (non-hydrogen) atoms. The number of anilines is 2. The fraction of sp³-hybridized carbons (Fsp3) is 0.286. The van der Waals surface area contributed by atoms with Crippen LogP contribution in [0, 0.1) is 0 Å². The van der Waals surface area contributed by atoms with Crippen molar-refractivity contribution >= 4 is 63.9 Å². The highest BCUT2D eigenvalue weighted by molar-refractivity contribution is 9.10. The van der Waals surface area contributed by atoms with Crippen molar-refractivity contribution in [1.82, 2.24) is 29.4 Å².